The summed E-state index contributed by atoms with van der Waals surface area (Å²) in [7, 11) is 0. The van der Waals surface area contributed by atoms with E-state index >= 15 is 0 Å². The third kappa shape index (κ3) is 4.94. The minimum Gasteiger partial charge on any atom is -0.489 e. The molecule has 0 aliphatic carbocycles. The number of hydrogen-bond acceptors (Lipinski definition) is 4. The molecule has 28 heavy (non-hydrogen) atoms. The lowest BCUT2D eigenvalue weighted by molar-refractivity contribution is 0.101. The highest BCUT2D eigenvalue weighted by Crippen LogP contribution is 2.25. The Balaban J connectivity index is 1.73. The minimum atomic E-state index is -0.294. The smallest absolute Gasteiger partial charge is 0.257 e. The second-order valence-corrected chi connectivity index (χ2v) is 6.39. The van der Waals surface area contributed by atoms with Gasteiger partial charge < -0.3 is 15.4 Å². The number of hydrogen-bond donors (Lipinski definition) is 2. The standard InChI is InChI=1S/C22H21N3O3/c1-15(2)28-20-11-4-3-10-19(20)25-21(26)16-7-5-9-18(13-16)24-22(27)17-8-6-12-23-14-17/h3-15H,1-2H3,(H,24,27)(H,25,26). The van der Waals surface area contributed by atoms with Gasteiger partial charge in [-0.15, -0.1) is 0 Å². The molecule has 142 valence electrons. The highest BCUT2D eigenvalue weighted by molar-refractivity contribution is 6.07. The first-order valence-electron chi connectivity index (χ1n) is 8.91. The number of carbonyl (C=O) groups excluding carboxylic acids is 2. The van der Waals surface area contributed by atoms with E-state index in [4.69, 9.17) is 4.74 Å². The second-order valence-electron chi connectivity index (χ2n) is 6.39. The molecule has 1 heterocycles. The molecule has 0 aliphatic heterocycles. The molecular formula is C22H21N3O3. The summed E-state index contributed by atoms with van der Waals surface area (Å²) in [6, 6.07) is 17.4. The lowest BCUT2D eigenvalue weighted by Gasteiger charge is -2.15. The topological polar surface area (TPSA) is 80.3 Å². The van der Waals surface area contributed by atoms with Gasteiger partial charge in [0.05, 0.1) is 17.4 Å². The number of para-hydroxylation sites is 2. The van der Waals surface area contributed by atoms with Crippen molar-refractivity contribution in [1.29, 1.82) is 0 Å². The highest BCUT2D eigenvalue weighted by Gasteiger charge is 2.12. The fourth-order valence-electron chi connectivity index (χ4n) is 2.56. The molecule has 3 rings (SSSR count). The monoisotopic (exact) mass is 375 g/mol. The van der Waals surface area contributed by atoms with Crippen LogP contribution < -0.4 is 15.4 Å². The van der Waals surface area contributed by atoms with Crippen molar-refractivity contribution in [3.8, 4) is 5.75 Å². The number of carbonyl (C=O) groups is 2. The molecule has 0 atom stereocenters. The third-order valence-electron chi connectivity index (χ3n) is 3.80. The molecule has 2 amide bonds. The van der Waals surface area contributed by atoms with Gasteiger partial charge in [0.1, 0.15) is 5.75 Å². The van der Waals surface area contributed by atoms with Gasteiger partial charge in [-0.1, -0.05) is 18.2 Å². The van der Waals surface area contributed by atoms with Gasteiger partial charge in [-0.05, 0) is 56.3 Å². The summed E-state index contributed by atoms with van der Waals surface area (Å²) >= 11 is 0. The molecule has 0 radical (unpaired) electrons. The molecule has 0 unspecified atom stereocenters. The molecule has 2 N–H and O–H groups in total. The predicted octanol–water partition coefficient (Wildman–Crippen LogP) is 4.37. The van der Waals surface area contributed by atoms with Crippen LogP contribution in [0.3, 0.4) is 0 Å². The van der Waals surface area contributed by atoms with Crippen LogP contribution in [0.15, 0.2) is 73.1 Å². The van der Waals surface area contributed by atoms with Crippen molar-refractivity contribution in [2.75, 3.05) is 10.6 Å². The van der Waals surface area contributed by atoms with Crippen LogP contribution in [-0.4, -0.2) is 22.9 Å². The molecule has 0 bridgehead atoms. The van der Waals surface area contributed by atoms with E-state index in [1.165, 1.54) is 6.20 Å². The van der Waals surface area contributed by atoms with E-state index < -0.39 is 0 Å². The zero-order valence-corrected chi connectivity index (χ0v) is 15.7. The zero-order chi connectivity index (χ0) is 19.9. The Morgan fingerprint density at radius 3 is 2.39 bits per heavy atom. The van der Waals surface area contributed by atoms with Crippen LogP contribution in [0.25, 0.3) is 0 Å². The lowest BCUT2D eigenvalue weighted by atomic mass is 10.1. The fraction of sp³-hybridized carbons (Fsp3) is 0.136. The molecule has 2 aromatic carbocycles. The van der Waals surface area contributed by atoms with Crippen LogP contribution in [0.5, 0.6) is 5.75 Å². The maximum atomic E-state index is 12.7. The summed E-state index contributed by atoms with van der Waals surface area (Å²) in [6.45, 7) is 3.85. The van der Waals surface area contributed by atoms with Gasteiger partial charge in [0.2, 0.25) is 0 Å². The maximum absolute atomic E-state index is 12.7. The molecule has 0 saturated heterocycles. The van der Waals surface area contributed by atoms with Crippen LogP contribution in [-0.2, 0) is 0 Å². The number of rotatable bonds is 6. The summed E-state index contributed by atoms with van der Waals surface area (Å²) in [4.78, 5) is 28.9. The Kier molecular flexibility index (Phi) is 6.01. The van der Waals surface area contributed by atoms with Crippen LogP contribution in [0.2, 0.25) is 0 Å². The summed E-state index contributed by atoms with van der Waals surface area (Å²) in [6.07, 6.45) is 3.07. The molecule has 0 spiro atoms. The molecule has 3 aromatic rings. The number of nitrogens with zero attached hydrogens (tertiary/aromatic N) is 1. The van der Waals surface area contributed by atoms with Gasteiger partial charge in [-0.3, -0.25) is 14.6 Å². The van der Waals surface area contributed by atoms with Crippen LogP contribution >= 0.6 is 0 Å². The molecule has 1 aromatic heterocycles. The van der Waals surface area contributed by atoms with Crippen molar-refractivity contribution in [3.05, 3.63) is 84.2 Å². The maximum Gasteiger partial charge on any atom is 0.257 e. The average molecular weight is 375 g/mol. The van der Waals surface area contributed by atoms with E-state index in [1.807, 2.05) is 26.0 Å². The van der Waals surface area contributed by atoms with E-state index in [9.17, 15) is 9.59 Å². The third-order valence-corrected chi connectivity index (χ3v) is 3.80. The number of nitrogens with one attached hydrogen (secondary N) is 2. The van der Waals surface area contributed by atoms with E-state index in [0.29, 0.717) is 28.3 Å². The number of pyridine rings is 1. The van der Waals surface area contributed by atoms with Gasteiger partial charge in [0.25, 0.3) is 11.8 Å². The van der Waals surface area contributed by atoms with E-state index in [0.717, 1.165) is 0 Å². The predicted molar refractivity (Wildman–Crippen MR) is 109 cm³/mol. The molecule has 6 heteroatoms. The Morgan fingerprint density at radius 2 is 1.64 bits per heavy atom. The molecular weight excluding hydrogens is 354 g/mol. The Hall–Kier alpha value is -3.67. The number of aromatic nitrogens is 1. The van der Waals surface area contributed by atoms with E-state index in [2.05, 4.69) is 15.6 Å². The molecule has 6 nitrogen and oxygen atoms in total. The number of benzene rings is 2. The van der Waals surface area contributed by atoms with Crippen LogP contribution in [0.4, 0.5) is 11.4 Å². The van der Waals surface area contributed by atoms with Gasteiger partial charge in [-0.2, -0.15) is 0 Å². The van der Waals surface area contributed by atoms with Gasteiger partial charge in [-0.25, -0.2) is 0 Å². The number of anilines is 2. The first kappa shape index (κ1) is 19.1. The lowest BCUT2D eigenvalue weighted by Crippen LogP contribution is -2.16. The van der Waals surface area contributed by atoms with E-state index in [1.54, 1.807) is 54.7 Å². The van der Waals surface area contributed by atoms with Crippen molar-refractivity contribution in [3.63, 3.8) is 0 Å². The van der Waals surface area contributed by atoms with Gasteiger partial charge >= 0.3 is 0 Å². The van der Waals surface area contributed by atoms with Crippen LogP contribution in [0.1, 0.15) is 34.6 Å². The molecule has 0 saturated carbocycles. The molecule has 0 fully saturated rings. The van der Waals surface area contributed by atoms with Crippen molar-refractivity contribution in [1.82, 2.24) is 4.98 Å². The second kappa shape index (κ2) is 8.81. The normalized spacial score (nSPS) is 10.4. The van der Waals surface area contributed by atoms with Crippen molar-refractivity contribution in [2.45, 2.75) is 20.0 Å². The minimum absolute atomic E-state index is 0.0101. The number of amides is 2. The number of ether oxygens (including phenoxy) is 1. The van der Waals surface area contributed by atoms with Gasteiger partial charge in [0.15, 0.2) is 0 Å². The Labute approximate surface area is 163 Å². The molecule has 0 aliphatic rings. The quantitative estimate of drug-likeness (QED) is 0.670. The fourth-order valence-corrected chi connectivity index (χ4v) is 2.56. The average Bonchev–Trinajstić information content (AvgIpc) is 2.70. The van der Waals surface area contributed by atoms with Crippen molar-refractivity contribution < 1.29 is 14.3 Å². The van der Waals surface area contributed by atoms with Gasteiger partial charge in [0, 0.05) is 23.6 Å². The zero-order valence-electron chi connectivity index (χ0n) is 15.7. The highest BCUT2D eigenvalue weighted by atomic mass is 16.5. The summed E-state index contributed by atoms with van der Waals surface area (Å²) in [5, 5.41) is 5.63. The first-order valence-corrected chi connectivity index (χ1v) is 8.91. The summed E-state index contributed by atoms with van der Waals surface area (Å²) in [5.41, 5.74) is 1.97. The largest absolute Gasteiger partial charge is 0.489 e. The van der Waals surface area contributed by atoms with E-state index in [-0.39, 0.29) is 17.9 Å². The summed E-state index contributed by atoms with van der Waals surface area (Å²) < 4.78 is 5.73. The summed E-state index contributed by atoms with van der Waals surface area (Å²) in [5.74, 6) is 0.0190. The Bertz CT molecular complexity index is 972. The SMILES string of the molecule is CC(C)Oc1ccccc1NC(=O)c1cccc(NC(=O)c2cccnc2)c1. The van der Waals surface area contributed by atoms with Crippen LogP contribution in [0, 0.1) is 0 Å². The first-order chi connectivity index (χ1) is 13.5. The van der Waals surface area contributed by atoms with Crippen molar-refractivity contribution >= 4 is 23.2 Å². The van der Waals surface area contributed by atoms with Crippen molar-refractivity contribution in [2.24, 2.45) is 0 Å². The Morgan fingerprint density at radius 1 is 0.893 bits per heavy atom.